The highest BCUT2D eigenvalue weighted by Crippen LogP contribution is 2.22. The second-order valence-electron chi connectivity index (χ2n) is 2.44. The Bertz CT molecular complexity index is 512. The molecule has 0 amide bonds. The lowest BCUT2D eigenvalue weighted by molar-refractivity contribution is 0.925. The van der Waals surface area contributed by atoms with E-state index in [0.717, 1.165) is 9.99 Å². The summed E-state index contributed by atoms with van der Waals surface area (Å²) >= 11 is 9.03. The van der Waals surface area contributed by atoms with Crippen molar-refractivity contribution in [2.24, 2.45) is 0 Å². The third-order valence-corrected chi connectivity index (χ3v) is 2.49. The Balaban J connectivity index is 2.91. The second-order valence-corrected chi connectivity index (χ2v) is 3.68. The Hall–Kier alpha value is -1.05. The predicted molar refractivity (Wildman–Crippen MR) is 52.6 cm³/mol. The summed E-state index contributed by atoms with van der Waals surface area (Å²) < 4.78 is 2.35. The van der Waals surface area contributed by atoms with Gasteiger partial charge in [-0.15, -0.1) is 0 Å². The summed E-state index contributed by atoms with van der Waals surface area (Å²) in [6.07, 6.45) is 0. The lowest BCUT2D eigenvalue weighted by Gasteiger charge is -1.94. The summed E-state index contributed by atoms with van der Waals surface area (Å²) in [5, 5.41) is 13.1. The Labute approximate surface area is 87.7 Å². The first-order valence-electron chi connectivity index (χ1n) is 3.46. The fourth-order valence-corrected chi connectivity index (χ4v) is 1.76. The van der Waals surface area contributed by atoms with Crippen LogP contribution < -0.4 is 0 Å². The lowest BCUT2D eigenvalue weighted by Crippen LogP contribution is -1.93. The number of halogens is 2. The van der Waals surface area contributed by atoms with Crippen LogP contribution in [0.2, 0.25) is 5.15 Å². The molecule has 0 aromatic carbocycles. The smallest absolute Gasteiger partial charge is 0.150 e. The van der Waals surface area contributed by atoms with Gasteiger partial charge in [-0.05, 0) is 34.1 Å². The predicted octanol–water partition coefficient (Wildman–Crippen LogP) is 2.62. The van der Waals surface area contributed by atoms with Gasteiger partial charge in [-0.25, -0.2) is 4.52 Å². The quantitative estimate of drug-likeness (QED) is 0.727. The molecule has 0 saturated heterocycles. The van der Waals surface area contributed by atoms with Crippen LogP contribution in [0.1, 0.15) is 5.69 Å². The molecule has 0 unspecified atom stereocenters. The van der Waals surface area contributed by atoms with E-state index < -0.39 is 0 Å². The maximum Gasteiger partial charge on any atom is 0.150 e. The molecule has 2 aromatic heterocycles. The van der Waals surface area contributed by atoms with E-state index in [1.807, 2.05) is 6.07 Å². The van der Waals surface area contributed by atoms with Gasteiger partial charge in [-0.1, -0.05) is 11.6 Å². The Kier molecular flexibility index (Phi) is 1.98. The first-order chi connectivity index (χ1) is 6.22. The minimum Gasteiger partial charge on any atom is -0.220 e. The molecule has 64 valence electrons. The first-order valence-corrected chi connectivity index (χ1v) is 4.63. The van der Waals surface area contributed by atoms with Crippen LogP contribution in [0.25, 0.3) is 5.52 Å². The van der Waals surface area contributed by atoms with Crippen molar-refractivity contribution in [2.45, 2.75) is 0 Å². The van der Waals surface area contributed by atoms with E-state index in [1.54, 1.807) is 18.2 Å². The van der Waals surface area contributed by atoms with Gasteiger partial charge in [-0.2, -0.15) is 10.4 Å². The van der Waals surface area contributed by atoms with Crippen LogP contribution in [-0.4, -0.2) is 9.61 Å². The van der Waals surface area contributed by atoms with E-state index in [9.17, 15) is 0 Å². The van der Waals surface area contributed by atoms with Gasteiger partial charge >= 0.3 is 0 Å². The summed E-state index contributed by atoms with van der Waals surface area (Å²) in [5.41, 5.74) is 1.30. The molecule has 0 N–H and O–H groups in total. The average molecular weight is 256 g/mol. The summed E-state index contributed by atoms with van der Waals surface area (Å²) in [4.78, 5) is 0. The fraction of sp³-hybridized carbons (Fsp3) is 0. The van der Waals surface area contributed by atoms with E-state index in [0.29, 0.717) is 10.8 Å². The van der Waals surface area contributed by atoms with Crippen LogP contribution in [0.4, 0.5) is 0 Å². The molecule has 0 aliphatic rings. The van der Waals surface area contributed by atoms with Gasteiger partial charge in [0.2, 0.25) is 0 Å². The molecule has 2 rings (SSSR count). The van der Waals surface area contributed by atoms with Crippen molar-refractivity contribution < 1.29 is 0 Å². The molecular formula is C8H3BrClN3. The molecule has 5 heteroatoms. The van der Waals surface area contributed by atoms with Crippen LogP contribution in [0.3, 0.4) is 0 Å². The third-order valence-electron chi connectivity index (χ3n) is 1.65. The van der Waals surface area contributed by atoms with E-state index >= 15 is 0 Å². The number of nitriles is 1. The van der Waals surface area contributed by atoms with Crippen LogP contribution >= 0.6 is 27.5 Å². The second kappa shape index (κ2) is 3.02. The molecule has 13 heavy (non-hydrogen) atoms. The average Bonchev–Trinajstić information content (AvgIpc) is 2.42. The zero-order chi connectivity index (χ0) is 9.42. The third kappa shape index (κ3) is 1.30. The Morgan fingerprint density at radius 2 is 2.31 bits per heavy atom. The molecule has 0 radical (unpaired) electrons. The topological polar surface area (TPSA) is 41.1 Å². The fourth-order valence-electron chi connectivity index (χ4n) is 1.10. The summed E-state index contributed by atoms with van der Waals surface area (Å²) in [6.45, 7) is 0. The van der Waals surface area contributed by atoms with Crippen molar-refractivity contribution >= 4 is 33.0 Å². The molecule has 0 spiro atoms. The van der Waals surface area contributed by atoms with Crippen LogP contribution in [0, 0.1) is 11.3 Å². The van der Waals surface area contributed by atoms with Crippen molar-refractivity contribution in [3.8, 4) is 6.07 Å². The van der Waals surface area contributed by atoms with Crippen molar-refractivity contribution in [1.29, 1.82) is 5.26 Å². The maximum absolute atomic E-state index is 8.77. The molecule has 0 saturated carbocycles. The van der Waals surface area contributed by atoms with E-state index in [1.165, 1.54) is 4.52 Å². The molecule has 0 atom stereocenters. The molecule has 0 bridgehead atoms. The Morgan fingerprint density at radius 1 is 1.54 bits per heavy atom. The summed E-state index contributed by atoms with van der Waals surface area (Å²) in [6, 6.07) is 7.23. The zero-order valence-electron chi connectivity index (χ0n) is 6.33. The molecular weight excluding hydrogens is 253 g/mol. The standard InChI is InChI=1S/C8H3BrClN3/c9-6-3-5(4-11)13-7(6)1-2-8(10)12-13/h1-3H. The minimum atomic E-state index is 0.368. The van der Waals surface area contributed by atoms with Gasteiger partial charge < -0.3 is 0 Å². The van der Waals surface area contributed by atoms with Crippen molar-refractivity contribution in [3.63, 3.8) is 0 Å². The highest BCUT2D eigenvalue weighted by atomic mass is 79.9. The molecule has 0 fully saturated rings. The minimum absolute atomic E-state index is 0.368. The number of hydrogen-bond acceptors (Lipinski definition) is 2. The number of fused-ring (bicyclic) bond motifs is 1. The van der Waals surface area contributed by atoms with Gasteiger partial charge in [0.05, 0.1) is 5.52 Å². The molecule has 2 aromatic rings. The van der Waals surface area contributed by atoms with Crippen LogP contribution in [0.5, 0.6) is 0 Å². The SMILES string of the molecule is N#Cc1cc(Br)c2ccc(Cl)nn12. The Morgan fingerprint density at radius 3 is 3.00 bits per heavy atom. The lowest BCUT2D eigenvalue weighted by atomic mass is 10.4. The van der Waals surface area contributed by atoms with Gasteiger partial charge in [0, 0.05) is 4.47 Å². The highest BCUT2D eigenvalue weighted by molar-refractivity contribution is 9.10. The molecule has 0 aliphatic carbocycles. The first kappa shape index (κ1) is 8.54. The number of nitrogens with zero attached hydrogens (tertiary/aromatic N) is 3. The number of aromatic nitrogens is 2. The van der Waals surface area contributed by atoms with Crippen LogP contribution in [0.15, 0.2) is 22.7 Å². The van der Waals surface area contributed by atoms with Crippen molar-refractivity contribution in [2.75, 3.05) is 0 Å². The number of hydrogen-bond donors (Lipinski definition) is 0. The zero-order valence-corrected chi connectivity index (χ0v) is 8.67. The van der Waals surface area contributed by atoms with E-state index in [-0.39, 0.29) is 0 Å². The summed E-state index contributed by atoms with van der Waals surface area (Å²) in [5.74, 6) is 0. The van der Waals surface area contributed by atoms with Crippen molar-refractivity contribution in [1.82, 2.24) is 9.61 Å². The van der Waals surface area contributed by atoms with E-state index in [2.05, 4.69) is 21.0 Å². The monoisotopic (exact) mass is 255 g/mol. The molecule has 3 nitrogen and oxygen atoms in total. The highest BCUT2D eigenvalue weighted by Gasteiger charge is 2.07. The van der Waals surface area contributed by atoms with Crippen LogP contribution in [-0.2, 0) is 0 Å². The summed E-state index contributed by atoms with van der Waals surface area (Å²) in [7, 11) is 0. The van der Waals surface area contributed by atoms with Gasteiger partial charge in [0.1, 0.15) is 16.9 Å². The van der Waals surface area contributed by atoms with Gasteiger partial charge in [0.25, 0.3) is 0 Å². The van der Waals surface area contributed by atoms with Crippen molar-refractivity contribution in [3.05, 3.63) is 33.5 Å². The molecule has 2 heterocycles. The largest absolute Gasteiger partial charge is 0.220 e. The number of rotatable bonds is 0. The van der Waals surface area contributed by atoms with Gasteiger partial charge in [0.15, 0.2) is 0 Å². The normalized spacial score (nSPS) is 10.2. The van der Waals surface area contributed by atoms with Gasteiger partial charge in [-0.3, -0.25) is 0 Å². The van der Waals surface area contributed by atoms with E-state index in [4.69, 9.17) is 16.9 Å². The molecule has 0 aliphatic heterocycles. The maximum atomic E-state index is 8.77.